The van der Waals surface area contributed by atoms with Crippen molar-refractivity contribution in [3.05, 3.63) is 65.0 Å². The van der Waals surface area contributed by atoms with Gasteiger partial charge in [0.1, 0.15) is 0 Å². The first-order valence-corrected chi connectivity index (χ1v) is 6.81. The number of nitrogens with one attached hydrogen (secondary N) is 1. The molecule has 2 atom stereocenters. The third-order valence-corrected chi connectivity index (χ3v) is 3.58. The minimum Gasteiger partial charge on any atom is -0.304 e. The van der Waals surface area contributed by atoms with Crippen molar-refractivity contribution in [2.45, 2.75) is 39.8 Å². The van der Waals surface area contributed by atoms with Gasteiger partial charge in [0.25, 0.3) is 0 Å². The highest BCUT2D eigenvalue weighted by molar-refractivity contribution is 5.32. The zero-order chi connectivity index (χ0) is 13.8. The summed E-state index contributed by atoms with van der Waals surface area (Å²) < 4.78 is 0. The summed E-state index contributed by atoms with van der Waals surface area (Å²) >= 11 is 0. The van der Waals surface area contributed by atoms with Crippen LogP contribution in [0, 0.1) is 13.8 Å². The van der Waals surface area contributed by atoms with Gasteiger partial charge in [-0.1, -0.05) is 29.8 Å². The first-order chi connectivity index (χ1) is 9.08. The molecule has 2 aromatic rings. The minimum atomic E-state index is 0.296. The van der Waals surface area contributed by atoms with Crippen LogP contribution in [0.2, 0.25) is 0 Å². The van der Waals surface area contributed by atoms with Crippen LogP contribution in [0.25, 0.3) is 0 Å². The molecule has 2 rings (SSSR count). The lowest BCUT2D eigenvalue weighted by Crippen LogP contribution is -2.23. The monoisotopic (exact) mass is 254 g/mol. The third kappa shape index (κ3) is 3.42. The van der Waals surface area contributed by atoms with Gasteiger partial charge in [-0.2, -0.15) is 0 Å². The Hall–Kier alpha value is -1.67. The molecule has 1 aromatic carbocycles. The standard InChI is InChI=1S/C17H22N2/c1-12-7-8-17(13(2)10-12)15(4)19-14(3)16-6-5-9-18-11-16/h5-11,14-15,19H,1-4H3/t14-,15?/m1/s1. The second-order valence-corrected chi connectivity index (χ2v) is 5.26. The van der Waals surface area contributed by atoms with Crippen LogP contribution in [-0.2, 0) is 0 Å². The number of rotatable bonds is 4. The average Bonchev–Trinajstić information content (AvgIpc) is 2.39. The largest absolute Gasteiger partial charge is 0.304 e. The van der Waals surface area contributed by atoms with Gasteiger partial charge < -0.3 is 5.32 Å². The van der Waals surface area contributed by atoms with Gasteiger partial charge in [0, 0.05) is 24.5 Å². The van der Waals surface area contributed by atoms with E-state index in [4.69, 9.17) is 0 Å². The van der Waals surface area contributed by atoms with Crippen molar-refractivity contribution >= 4 is 0 Å². The fraction of sp³-hybridized carbons (Fsp3) is 0.353. The van der Waals surface area contributed by atoms with Crippen LogP contribution in [0.3, 0.4) is 0 Å². The SMILES string of the molecule is Cc1ccc(C(C)N[C@H](C)c2cccnc2)c(C)c1. The number of pyridine rings is 1. The summed E-state index contributed by atoms with van der Waals surface area (Å²) in [6, 6.07) is 11.4. The maximum Gasteiger partial charge on any atom is 0.0315 e. The zero-order valence-electron chi connectivity index (χ0n) is 12.1. The molecule has 0 spiro atoms. The van der Waals surface area contributed by atoms with E-state index in [0.717, 1.165) is 0 Å². The Balaban J connectivity index is 2.10. The van der Waals surface area contributed by atoms with Crippen LogP contribution < -0.4 is 5.32 Å². The van der Waals surface area contributed by atoms with Crippen molar-refractivity contribution in [3.63, 3.8) is 0 Å². The maximum atomic E-state index is 4.17. The Morgan fingerprint density at radius 2 is 1.84 bits per heavy atom. The molecule has 0 radical (unpaired) electrons. The molecular formula is C17H22N2. The van der Waals surface area contributed by atoms with E-state index >= 15 is 0 Å². The van der Waals surface area contributed by atoms with Gasteiger partial charge in [0.05, 0.1) is 0 Å². The Kier molecular flexibility index (Phi) is 4.33. The van der Waals surface area contributed by atoms with Crippen LogP contribution in [-0.4, -0.2) is 4.98 Å². The highest BCUT2D eigenvalue weighted by Gasteiger charge is 2.12. The minimum absolute atomic E-state index is 0.296. The normalized spacial score (nSPS) is 14.1. The van der Waals surface area contributed by atoms with E-state index in [9.17, 15) is 0 Å². The molecule has 0 saturated heterocycles. The van der Waals surface area contributed by atoms with E-state index in [2.05, 4.69) is 62.3 Å². The van der Waals surface area contributed by atoms with Gasteiger partial charge in [-0.3, -0.25) is 4.98 Å². The number of aromatic nitrogens is 1. The molecule has 1 aromatic heterocycles. The van der Waals surface area contributed by atoms with Crippen molar-refractivity contribution in [2.24, 2.45) is 0 Å². The number of aryl methyl sites for hydroxylation is 2. The van der Waals surface area contributed by atoms with Gasteiger partial charge in [-0.15, -0.1) is 0 Å². The number of hydrogen-bond donors (Lipinski definition) is 1. The summed E-state index contributed by atoms with van der Waals surface area (Å²) in [4.78, 5) is 4.17. The second-order valence-electron chi connectivity index (χ2n) is 5.26. The lowest BCUT2D eigenvalue weighted by atomic mass is 9.99. The molecule has 0 amide bonds. The highest BCUT2D eigenvalue weighted by atomic mass is 14.9. The van der Waals surface area contributed by atoms with E-state index < -0.39 is 0 Å². The lowest BCUT2D eigenvalue weighted by Gasteiger charge is -2.22. The molecular weight excluding hydrogens is 232 g/mol. The van der Waals surface area contributed by atoms with Crippen molar-refractivity contribution in [2.75, 3.05) is 0 Å². The fourth-order valence-corrected chi connectivity index (χ4v) is 2.50. The van der Waals surface area contributed by atoms with E-state index in [1.165, 1.54) is 22.3 Å². The zero-order valence-corrected chi connectivity index (χ0v) is 12.1. The van der Waals surface area contributed by atoms with Gasteiger partial charge in [-0.25, -0.2) is 0 Å². The molecule has 19 heavy (non-hydrogen) atoms. The molecule has 2 heteroatoms. The molecule has 0 saturated carbocycles. The Morgan fingerprint density at radius 3 is 2.47 bits per heavy atom. The van der Waals surface area contributed by atoms with Crippen LogP contribution in [0.15, 0.2) is 42.7 Å². The average molecular weight is 254 g/mol. The molecule has 1 heterocycles. The first-order valence-electron chi connectivity index (χ1n) is 6.81. The van der Waals surface area contributed by atoms with Crippen molar-refractivity contribution in [1.82, 2.24) is 10.3 Å². The Labute approximate surface area is 115 Å². The first kappa shape index (κ1) is 13.8. The summed E-state index contributed by atoms with van der Waals surface area (Å²) in [7, 11) is 0. The summed E-state index contributed by atoms with van der Waals surface area (Å²) in [5.74, 6) is 0. The molecule has 1 N–H and O–H groups in total. The summed E-state index contributed by atoms with van der Waals surface area (Å²) in [6.07, 6.45) is 3.73. The van der Waals surface area contributed by atoms with E-state index in [-0.39, 0.29) is 0 Å². The predicted octanol–water partition coefficient (Wildman–Crippen LogP) is 4.11. The maximum absolute atomic E-state index is 4.17. The van der Waals surface area contributed by atoms with E-state index in [1.54, 1.807) is 0 Å². The third-order valence-electron chi connectivity index (χ3n) is 3.58. The molecule has 100 valence electrons. The van der Waals surface area contributed by atoms with Crippen LogP contribution in [0.4, 0.5) is 0 Å². The lowest BCUT2D eigenvalue weighted by molar-refractivity contribution is 0.492. The van der Waals surface area contributed by atoms with Crippen LogP contribution in [0.1, 0.15) is 48.2 Å². The quantitative estimate of drug-likeness (QED) is 0.888. The van der Waals surface area contributed by atoms with Gasteiger partial charge in [-0.05, 0) is 50.5 Å². The van der Waals surface area contributed by atoms with Gasteiger partial charge in [0.15, 0.2) is 0 Å². The smallest absolute Gasteiger partial charge is 0.0315 e. The number of benzene rings is 1. The predicted molar refractivity (Wildman–Crippen MR) is 80.1 cm³/mol. The number of hydrogen-bond acceptors (Lipinski definition) is 2. The molecule has 1 unspecified atom stereocenters. The van der Waals surface area contributed by atoms with Crippen LogP contribution >= 0.6 is 0 Å². The fourth-order valence-electron chi connectivity index (χ4n) is 2.50. The Bertz CT molecular complexity index is 534. The second kappa shape index (κ2) is 5.98. The van der Waals surface area contributed by atoms with Crippen molar-refractivity contribution in [3.8, 4) is 0 Å². The van der Waals surface area contributed by atoms with E-state index in [0.29, 0.717) is 12.1 Å². The van der Waals surface area contributed by atoms with Crippen molar-refractivity contribution < 1.29 is 0 Å². The van der Waals surface area contributed by atoms with Gasteiger partial charge >= 0.3 is 0 Å². The van der Waals surface area contributed by atoms with Gasteiger partial charge in [0.2, 0.25) is 0 Å². The summed E-state index contributed by atoms with van der Waals surface area (Å²) in [5, 5.41) is 3.63. The molecule has 0 aliphatic heterocycles. The van der Waals surface area contributed by atoms with Crippen molar-refractivity contribution in [1.29, 1.82) is 0 Å². The molecule has 0 fully saturated rings. The molecule has 0 bridgehead atoms. The Morgan fingerprint density at radius 1 is 1.05 bits per heavy atom. The summed E-state index contributed by atoms with van der Waals surface area (Å²) in [5.41, 5.74) is 5.24. The van der Waals surface area contributed by atoms with Crippen LogP contribution in [0.5, 0.6) is 0 Å². The number of nitrogens with zero attached hydrogens (tertiary/aromatic N) is 1. The molecule has 2 nitrogen and oxygen atoms in total. The summed E-state index contributed by atoms with van der Waals surface area (Å²) in [6.45, 7) is 8.70. The molecule has 0 aliphatic carbocycles. The topological polar surface area (TPSA) is 24.9 Å². The molecule has 0 aliphatic rings. The highest BCUT2D eigenvalue weighted by Crippen LogP contribution is 2.22. The van der Waals surface area contributed by atoms with E-state index in [1.807, 2.05) is 18.5 Å².